The number of nitrogens with zero attached hydrogens (tertiary/aromatic N) is 1. The summed E-state index contributed by atoms with van der Waals surface area (Å²) < 4.78 is 19.4. The maximum Gasteiger partial charge on any atom is 0.191 e. The first kappa shape index (κ1) is 19.4. The Morgan fingerprint density at radius 3 is 2.56 bits per heavy atom. The molecule has 0 amide bonds. The predicted octanol–water partition coefficient (Wildman–Crippen LogP) is 3.28. The van der Waals surface area contributed by atoms with E-state index in [1.165, 1.54) is 11.6 Å². The maximum absolute atomic E-state index is 13.8. The number of benzene rings is 2. The standard InChI is InChI=1S/C22H28FN3O/c1-24-21(25-13-10-18-6-3-2-4-7-18)26-17-22(11-14-27-15-12-22)19-8-5-9-20(23)16-19/h2-9,16H,10-15,17H2,1H3,(H2,24,25,26). The van der Waals surface area contributed by atoms with Crippen molar-refractivity contribution in [3.8, 4) is 0 Å². The van der Waals surface area contributed by atoms with Crippen LogP contribution in [-0.4, -0.2) is 39.3 Å². The Labute approximate surface area is 160 Å². The van der Waals surface area contributed by atoms with Crippen molar-refractivity contribution in [2.24, 2.45) is 4.99 Å². The van der Waals surface area contributed by atoms with Gasteiger partial charge >= 0.3 is 0 Å². The molecule has 0 spiro atoms. The summed E-state index contributed by atoms with van der Waals surface area (Å²) in [6.45, 7) is 2.89. The molecule has 2 aromatic carbocycles. The predicted molar refractivity (Wildman–Crippen MR) is 108 cm³/mol. The molecule has 27 heavy (non-hydrogen) atoms. The largest absolute Gasteiger partial charge is 0.381 e. The van der Waals surface area contributed by atoms with E-state index in [0.29, 0.717) is 19.8 Å². The molecule has 4 nitrogen and oxygen atoms in total. The Balaban J connectivity index is 1.60. The van der Waals surface area contributed by atoms with Crippen LogP contribution in [-0.2, 0) is 16.6 Å². The van der Waals surface area contributed by atoms with Crippen molar-refractivity contribution < 1.29 is 9.13 Å². The second-order valence-electron chi connectivity index (χ2n) is 6.99. The number of nitrogens with one attached hydrogen (secondary N) is 2. The molecular weight excluding hydrogens is 341 g/mol. The molecule has 1 heterocycles. The van der Waals surface area contributed by atoms with Crippen LogP contribution in [0.4, 0.5) is 4.39 Å². The zero-order valence-corrected chi connectivity index (χ0v) is 15.9. The van der Waals surface area contributed by atoms with Gasteiger partial charge in [-0.1, -0.05) is 42.5 Å². The number of hydrogen-bond donors (Lipinski definition) is 2. The third kappa shape index (κ3) is 5.30. The summed E-state index contributed by atoms with van der Waals surface area (Å²) in [6, 6.07) is 17.3. The van der Waals surface area contributed by atoms with Crippen LogP contribution in [0.1, 0.15) is 24.0 Å². The first-order valence-corrected chi connectivity index (χ1v) is 9.54. The topological polar surface area (TPSA) is 45.7 Å². The lowest BCUT2D eigenvalue weighted by Gasteiger charge is -2.38. The lowest BCUT2D eigenvalue weighted by molar-refractivity contribution is 0.0513. The molecule has 1 fully saturated rings. The van der Waals surface area contributed by atoms with E-state index in [4.69, 9.17) is 4.74 Å². The SMILES string of the molecule is CN=C(NCCc1ccccc1)NCC1(c2cccc(F)c2)CCOCC1. The summed E-state index contributed by atoms with van der Waals surface area (Å²) in [4.78, 5) is 4.34. The Kier molecular flexibility index (Phi) is 6.82. The van der Waals surface area contributed by atoms with Crippen LogP contribution in [0.3, 0.4) is 0 Å². The van der Waals surface area contributed by atoms with E-state index in [2.05, 4.69) is 39.9 Å². The second-order valence-corrected chi connectivity index (χ2v) is 6.99. The normalized spacial score (nSPS) is 16.7. The minimum absolute atomic E-state index is 0.141. The molecule has 3 rings (SSSR count). The molecule has 0 bridgehead atoms. The Morgan fingerprint density at radius 2 is 1.85 bits per heavy atom. The van der Waals surface area contributed by atoms with Gasteiger partial charge in [0.2, 0.25) is 0 Å². The van der Waals surface area contributed by atoms with Crippen molar-refractivity contribution >= 4 is 5.96 Å². The fraction of sp³-hybridized carbons (Fsp3) is 0.409. The summed E-state index contributed by atoms with van der Waals surface area (Å²) in [5.41, 5.74) is 2.18. The number of rotatable bonds is 6. The van der Waals surface area contributed by atoms with Crippen LogP contribution in [0, 0.1) is 5.82 Å². The quantitative estimate of drug-likeness (QED) is 0.607. The highest BCUT2D eigenvalue weighted by Crippen LogP contribution is 2.34. The minimum atomic E-state index is -0.191. The van der Waals surface area contributed by atoms with Gasteiger partial charge in [-0.3, -0.25) is 4.99 Å². The molecule has 2 aromatic rings. The smallest absolute Gasteiger partial charge is 0.191 e. The minimum Gasteiger partial charge on any atom is -0.381 e. The summed E-state index contributed by atoms with van der Waals surface area (Å²) in [7, 11) is 1.77. The van der Waals surface area contributed by atoms with Gasteiger partial charge in [0.05, 0.1) is 0 Å². The van der Waals surface area contributed by atoms with E-state index in [1.807, 2.05) is 12.1 Å². The zero-order valence-electron chi connectivity index (χ0n) is 15.9. The van der Waals surface area contributed by atoms with Gasteiger partial charge in [0, 0.05) is 38.8 Å². The molecule has 5 heteroatoms. The fourth-order valence-corrected chi connectivity index (χ4v) is 3.59. The van der Waals surface area contributed by atoms with Crippen LogP contribution in [0.25, 0.3) is 0 Å². The third-order valence-corrected chi connectivity index (χ3v) is 5.25. The van der Waals surface area contributed by atoms with Gasteiger partial charge < -0.3 is 15.4 Å². The van der Waals surface area contributed by atoms with Crippen molar-refractivity contribution in [3.05, 3.63) is 71.5 Å². The average molecular weight is 369 g/mol. The molecular formula is C22H28FN3O. The molecule has 0 unspecified atom stereocenters. The summed E-state index contributed by atoms with van der Waals surface area (Å²) in [6.07, 6.45) is 2.67. The van der Waals surface area contributed by atoms with Crippen LogP contribution in [0.5, 0.6) is 0 Å². The van der Waals surface area contributed by atoms with Crippen molar-refractivity contribution in [3.63, 3.8) is 0 Å². The summed E-state index contributed by atoms with van der Waals surface area (Å²) in [5.74, 6) is 0.580. The van der Waals surface area contributed by atoms with E-state index in [9.17, 15) is 4.39 Å². The van der Waals surface area contributed by atoms with E-state index in [-0.39, 0.29) is 11.2 Å². The first-order valence-electron chi connectivity index (χ1n) is 9.54. The van der Waals surface area contributed by atoms with Crippen molar-refractivity contribution in [2.75, 3.05) is 33.4 Å². The number of hydrogen-bond acceptors (Lipinski definition) is 2. The molecule has 1 aliphatic rings. The molecule has 0 atom stereocenters. The molecule has 1 aliphatic heterocycles. The Morgan fingerprint density at radius 1 is 1.07 bits per heavy atom. The molecule has 2 N–H and O–H groups in total. The molecule has 0 radical (unpaired) electrons. The van der Waals surface area contributed by atoms with E-state index >= 15 is 0 Å². The van der Waals surface area contributed by atoms with Crippen molar-refractivity contribution in [1.29, 1.82) is 0 Å². The number of halogens is 1. The third-order valence-electron chi connectivity index (χ3n) is 5.25. The van der Waals surface area contributed by atoms with Crippen LogP contribution < -0.4 is 10.6 Å². The van der Waals surface area contributed by atoms with Gasteiger partial charge in [0.25, 0.3) is 0 Å². The Bertz CT molecular complexity index is 742. The molecule has 1 saturated heterocycles. The van der Waals surface area contributed by atoms with Crippen molar-refractivity contribution in [1.82, 2.24) is 10.6 Å². The van der Waals surface area contributed by atoms with E-state index in [0.717, 1.165) is 37.3 Å². The highest BCUT2D eigenvalue weighted by atomic mass is 19.1. The van der Waals surface area contributed by atoms with Gasteiger partial charge in [0.1, 0.15) is 5.82 Å². The van der Waals surface area contributed by atoms with Gasteiger partial charge in [-0.25, -0.2) is 4.39 Å². The van der Waals surface area contributed by atoms with Crippen LogP contribution in [0.15, 0.2) is 59.6 Å². The average Bonchev–Trinajstić information content (AvgIpc) is 2.72. The van der Waals surface area contributed by atoms with Gasteiger partial charge in [0.15, 0.2) is 5.96 Å². The number of ether oxygens (including phenoxy) is 1. The maximum atomic E-state index is 13.8. The monoisotopic (exact) mass is 369 g/mol. The van der Waals surface area contributed by atoms with E-state index in [1.54, 1.807) is 19.2 Å². The summed E-state index contributed by atoms with van der Waals surface area (Å²) in [5, 5.41) is 6.82. The van der Waals surface area contributed by atoms with Gasteiger partial charge in [-0.05, 0) is 42.5 Å². The number of aliphatic imine (C=N–C) groups is 1. The van der Waals surface area contributed by atoms with Gasteiger partial charge in [-0.2, -0.15) is 0 Å². The molecule has 144 valence electrons. The molecule has 0 aliphatic carbocycles. The fourth-order valence-electron chi connectivity index (χ4n) is 3.59. The molecule has 0 saturated carbocycles. The lowest BCUT2D eigenvalue weighted by Crippen LogP contribution is -2.48. The first-order chi connectivity index (χ1) is 13.2. The van der Waals surface area contributed by atoms with Crippen molar-refractivity contribution in [2.45, 2.75) is 24.7 Å². The lowest BCUT2D eigenvalue weighted by atomic mass is 9.74. The highest BCUT2D eigenvalue weighted by molar-refractivity contribution is 5.79. The van der Waals surface area contributed by atoms with Crippen LogP contribution >= 0.6 is 0 Å². The molecule has 0 aromatic heterocycles. The zero-order chi connectivity index (χ0) is 19.0. The Hall–Kier alpha value is -2.40. The van der Waals surface area contributed by atoms with E-state index < -0.39 is 0 Å². The number of guanidine groups is 1. The highest BCUT2D eigenvalue weighted by Gasteiger charge is 2.34. The van der Waals surface area contributed by atoms with Gasteiger partial charge in [-0.15, -0.1) is 0 Å². The summed E-state index contributed by atoms with van der Waals surface area (Å²) >= 11 is 0. The second kappa shape index (κ2) is 9.51. The van der Waals surface area contributed by atoms with Crippen LogP contribution in [0.2, 0.25) is 0 Å².